The monoisotopic (exact) mass is 516 g/mol. The SMILES string of the molecule is C[Si](C)(C[n+]1ccc(-c2ccncc2)cc1)OCCO[Si](C)(C)C[n+]1ccc(-c2ccncc2)cc1. The first kappa shape index (κ1) is 26.0. The summed E-state index contributed by atoms with van der Waals surface area (Å²) in [5.41, 5.74) is 4.74. The average Bonchev–Trinajstić information content (AvgIpc) is 2.88. The van der Waals surface area contributed by atoms with Gasteiger partial charge in [-0.1, -0.05) is 0 Å². The minimum absolute atomic E-state index is 0.636. The molecule has 0 atom stereocenters. The van der Waals surface area contributed by atoms with Crippen LogP contribution in [-0.4, -0.2) is 39.8 Å². The van der Waals surface area contributed by atoms with Gasteiger partial charge in [0.1, 0.15) is 0 Å². The lowest BCUT2D eigenvalue weighted by Crippen LogP contribution is -2.51. The molecule has 0 aliphatic carbocycles. The van der Waals surface area contributed by atoms with Crippen molar-refractivity contribution >= 4 is 16.6 Å². The number of rotatable bonds is 11. The summed E-state index contributed by atoms with van der Waals surface area (Å²) in [4.78, 5) is 8.19. The van der Waals surface area contributed by atoms with Crippen LogP contribution in [0.4, 0.5) is 0 Å². The zero-order chi connectivity index (χ0) is 25.4. The van der Waals surface area contributed by atoms with E-state index in [1.54, 1.807) is 0 Å². The van der Waals surface area contributed by atoms with Crippen molar-refractivity contribution in [3.63, 3.8) is 0 Å². The van der Waals surface area contributed by atoms with Crippen LogP contribution in [0.2, 0.25) is 26.2 Å². The third-order valence-corrected chi connectivity index (χ3v) is 10.2. The quantitative estimate of drug-likeness (QED) is 0.166. The number of hydrogen-bond donors (Lipinski definition) is 0. The Kier molecular flexibility index (Phi) is 8.53. The highest BCUT2D eigenvalue weighted by molar-refractivity contribution is 6.70. The largest absolute Gasteiger partial charge is 0.408 e. The first-order valence-electron chi connectivity index (χ1n) is 12.4. The maximum atomic E-state index is 6.35. The molecule has 4 aromatic heterocycles. The van der Waals surface area contributed by atoms with Crippen molar-refractivity contribution in [2.45, 2.75) is 38.5 Å². The van der Waals surface area contributed by atoms with Crippen LogP contribution in [0.25, 0.3) is 22.3 Å². The molecule has 0 fully saturated rings. The topological polar surface area (TPSA) is 52.0 Å². The average molecular weight is 517 g/mol. The van der Waals surface area contributed by atoms with Crippen molar-refractivity contribution in [3.8, 4) is 22.3 Å². The lowest BCUT2D eigenvalue weighted by molar-refractivity contribution is -0.682. The van der Waals surface area contributed by atoms with E-state index in [1.165, 1.54) is 22.3 Å². The number of nitrogens with zero attached hydrogens (tertiary/aromatic N) is 4. The third-order valence-electron chi connectivity index (χ3n) is 6.01. The van der Waals surface area contributed by atoms with Crippen molar-refractivity contribution in [3.05, 3.63) is 98.1 Å². The molecule has 0 bridgehead atoms. The predicted molar refractivity (Wildman–Crippen MR) is 147 cm³/mol. The molecule has 0 radical (unpaired) electrons. The van der Waals surface area contributed by atoms with Crippen LogP contribution in [0, 0.1) is 0 Å². The van der Waals surface area contributed by atoms with E-state index in [-0.39, 0.29) is 0 Å². The molecule has 4 aromatic rings. The minimum Gasteiger partial charge on any atom is -0.408 e. The fraction of sp³-hybridized carbons (Fsp3) is 0.286. The minimum atomic E-state index is -1.87. The molecule has 0 N–H and O–H groups in total. The Labute approximate surface area is 216 Å². The summed E-state index contributed by atoms with van der Waals surface area (Å²) in [6, 6.07) is 16.7. The maximum absolute atomic E-state index is 6.35. The lowest BCUT2D eigenvalue weighted by Gasteiger charge is -2.23. The van der Waals surface area contributed by atoms with Crippen molar-refractivity contribution in [2.24, 2.45) is 0 Å². The zero-order valence-corrected chi connectivity index (χ0v) is 23.7. The summed E-state index contributed by atoms with van der Waals surface area (Å²) in [6.45, 7) is 10.3. The summed E-state index contributed by atoms with van der Waals surface area (Å²) in [7, 11) is -3.74. The van der Waals surface area contributed by atoms with E-state index in [2.05, 4.69) is 94.3 Å². The Morgan fingerprint density at radius 1 is 0.528 bits per heavy atom. The van der Waals surface area contributed by atoms with Gasteiger partial charge in [-0.05, 0) is 72.7 Å². The second kappa shape index (κ2) is 11.8. The van der Waals surface area contributed by atoms with Crippen LogP contribution < -0.4 is 9.13 Å². The Morgan fingerprint density at radius 3 is 1.17 bits per heavy atom. The summed E-state index contributed by atoms with van der Waals surface area (Å²) in [5, 5.41) is 0. The molecule has 186 valence electrons. The highest BCUT2D eigenvalue weighted by atomic mass is 28.4. The van der Waals surface area contributed by atoms with Gasteiger partial charge in [-0.2, -0.15) is 0 Å². The van der Waals surface area contributed by atoms with Gasteiger partial charge in [-0.3, -0.25) is 9.97 Å². The Morgan fingerprint density at radius 2 is 0.833 bits per heavy atom. The van der Waals surface area contributed by atoms with Gasteiger partial charge >= 0.3 is 0 Å². The van der Waals surface area contributed by atoms with E-state index in [4.69, 9.17) is 8.85 Å². The third kappa shape index (κ3) is 7.73. The predicted octanol–water partition coefficient (Wildman–Crippen LogP) is 4.61. The van der Waals surface area contributed by atoms with Crippen molar-refractivity contribution in [2.75, 3.05) is 13.2 Å². The Bertz CT molecular complexity index is 1120. The smallest absolute Gasteiger partial charge is 0.258 e. The Hall–Kier alpha value is -3.05. The first-order valence-corrected chi connectivity index (χ1v) is 18.6. The molecule has 36 heavy (non-hydrogen) atoms. The maximum Gasteiger partial charge on any atom is 0.258 e. The van der Waals surface area contributed by atoms with E-state index < -0.39 is 16.6 Å². The normalized spacial score (nSPS) is 12.0. The second-order valence-corrected chi connectivity index (χ2v) is 18.5. The highest BCUT2D eigenvalue weighted by Gasteiger charge is 2.31. The van der Waals surface area contributed by atoms with Gasteiger partial charge in [0.05, 0.1) is 13.2 Å². The van der Waals surface area contributed by atoms with Crippen molar-refractivity contribution < 1.29 is 18.0 Å². The lowest BCUT2D eigenvalue weighted by atomic mass is 10.1. The molecule has 4 rings (SSSR count). The van der Waals surface area contributed by atoms with Gasteiger partial charge in [0, 0.05) is 49.1 Å². The van der Waals surface area contributed by atoms with Crippen LogP contribution in [0.3, 0.4) is 0 Å². The molecule has 8 heteroatoms. The molecule has 0 saturated carbocycles. The van der Waals surface area contributed by atoms with E-state index in [0.29, 0.717) is 13.2 Å². The van der Waals surface area contributed by atoms with E-state index in [0.717, 1.165) is 12.3 Å². The first-order chi connectivity index (χ1) is 17.3. The Balaban J connectivity index is 1.22. The summed E-state index contributed by atoms with van der Waals surface area (Å²) in [5.74, 6) is 0. The summed E-state index contributed by atoms with van der Waals surface area (Å²) >= 11 is 0. The van der Waals surface area contributed by atoms with Crippen LogP contribution in [0.15, 0.2) is 98.1 Å². The summed E-state index contributed by atoms with van der Waals surface area (Å²) < 4.78 is 17.2. The molecule has 0 aliphatic heterocycles. The molecule has 0 saturated heterocycles. The molecule has 0 aliphatic rings. The van der Waals surface area contributed by atoms with Crippen LogP contribution in [-0.2, 0) is 21.2 Å². The fourth-order valence-corrected chi connectivity index (χ4v) is 7.84. The van der Waals surface area contributed by atoms with E-state index >= 15 is 0 Å². The molecule has 6 nitrogen and oxygen atoms in total. The van der Waals surface area contributed by atoms with Gasteiger partial charge < -0.3 is 8.85 Å². The van der Waals surface area contributed by atoms with Gasteiger partial charge in [0.15, 0.2) is 37.1 Å². The molecular formula is C28H36N4O2Si2+2. The highest BCUT2D eigenvalue weighted by Crippen LogP contribution is 2.17. The van der Waals surface area contributed by atoms with Crippen LogP contribution in [0.1, 0.15) is 0 Å². The fourth-order valence-electron chi connectivity index (χ4n) is 4.21. The molecular weight excluding hydrogens is 481 g/mol. The van der Waals surface area contributed by atoms with Crippen LogP contribution in [0.5, 0.6) is 0 Å². The second-order valence-electron chi connectivity index (χ2n) is 10.2. The molecule has 0 aromatic carbocycles. The number of pyridine rings is 4. The zero-order valence-electron chi connectivity index (χ0n) is 21.7. The summed E-state index contributed by atoms with van der Waals surface area (Å²) in [6.07, 6.45) is 17.7. The molecule has 0 spiro atoms. The standard InChI is InChI=1S/C28H36N4O2Si2/c1-35(2,23-31-17-9-27(10-18-31)25-5-13-29-14-6-25)33-21-22-34-36(3,4)24-32-19-11-28(12-20-32)26-7-15-30-16-8-26/h5-20H,21-24H2,1-4H3/q+2. The van der Waals surface area contributed by atoms with Crippen LogP contribution >= 0.6 is 0 Å². The van der Waals surface area contributed by atoms with Gasteiger partial charge in [0.25, 0.3) is 16.6 Å². The van der Waals surface area contributed by atoms with Crippen molar-refractivity contribution in [1.82, 2.24) is 9.97 Å². The van der Waals surface area contributed by atoms with Gasteiger partial charge in [0.2, 0.25) is 0 Å². The van der Waals surface area contributed by atoms with E-state index in [1.807, 2.05) is 49.1 Å². The van der Waals surface area contributed by atoms with E-state index in [9.17, 15) is 0 Å². The molecule has 0 amide bonds. The van der Waals surface area contributed by atoms with Gasteiger partial charge in [-0.15, -0.1) is 0 Å². The van der Waals surface area contributed by atoms with Gasteiger partial charge in [-0.25, -0.2) is 9.13 Å². The molecule has 4 heterocycles. The number of aromatic nitrogens is 4. The molecule has 0 unspecified atom stereocenters. The number of hydrogen-bond acceptors (Lipinski definition) is 4. The van der Waals surface area contributed by atoms with Crippen molar-refractivity contribution in [1.29, 1.82) is 0 Å².